The fourth-order valence-corrected chi connectivity index (χ4v) is 2.73. The summed E-state index contributed by atoms with van der Waals surface area (Å²) >= 11 is 0. The molecule has 0 N–H and O–H groups in total. The lowest BCUT2D eigenvalue weighted by Crippen LogP contribution is -1.96. The van der Waals surface area contributed by atoms with Crippen LogP contribution in [0, 0.1) is 0 Å². The lowest BCUT2D eigenvalue weighted by Gasteiger charge is -2.09. The summed E-state index contributed by atoms with van der Waals surface area (Å²) in [5.74, 6) is 2.33. The van der Waals surface area contributed by atoms with Crippen molar-refractivity contribution in [3.63, 3.8) is 0 Å². The van der Waals surface area contributed by atoms with Gasteiger partial charge in [0.25, 0.3) is 0 Å². The molecule has 1 rings (SSSR count). The fourth-order valence-electron chi connectivity index (χ4n) is 1.14. The topological polar surface area (TPSA) is 0 Å². The third kappa shape index (κ3) is 3.12. The van der Waals surface area contributed by atoms with Gasteiger partial charge in [0, 0.05) is 0 Å². The molecule has 0 aliphatic rings. The van der Waals surface area contributed by atoms with Crippen LogP contribution in [0.3, 0.4) is 0 Å². The summed E-state index contributed by atoms with van der Waals surface area (Å²) in [5.41, 5.74) is 2.47. The molecule has 0 bridgehead atoms. The molecule has 1 atom stereocenters. The third-order valence-corrected chi connectivity index (χ3v) is 4.11. The molecule has 74 valence electrons. The summed E-state index contributed by atoms with van der Waals surface area (Å²) in [4.78, 5) is 0. The zero-order valence-corrected chi connectivity index (χ0v) is 10.0. The minimum atomic E-state index is -0.170. The van der Waals surface area contributed by atoms with Gasteiger partial charge >= 0.3 is 0 Å². The molecular formula is C13H17P. The molecule has 0 radical (unpaired) electrons. The van der Waals surface area contributed by atoms with Crippen LogP contribution in [0.2, 0.25) is 0 Å². The van der Waals surface area contributed by atoms with Crippen LogP contribution in [0.25, 0.3) is 0 Å². The lowest BCUT2D eigenvalue weighted by atomic mass is 10.2. The van der Waals surface area contributed by atoms with Gasteiger partial charge in [-0.2, -0.15) is 0 Å². The molecule has 0 fully saturated rings. The van der Waals surface area contributed by atoms with Gasteiger partial charge in [-0.25, -0.2) is 0 Å². The first kappa shape index (κ1) is 11.2. The highest BCUT2D eigenvalue weighted by atomic mass is 31.1. The van der Waals surface area contributed by atoms with Crippen LogP contribution < -0.4 is 5.30 Å². The van der Waals surface area contributed by atoms with E-state index >= 15 is 0 Å². The van der Waals surface area contributed by atoms with Crippen molar-refractivity contribution in [2.75, 3.05) is 6.66 Å². The quantitative estimate of drug-likeness (QED) is 0.517. The van der Waals surface area contributed by atoms with Gasteiger partial charge < -0.3 is 0 Å². The normalized spacial score (nSPS) is 13.8. The Morgan fingerprint density at radius 2 is 1.79 bits per heavy atom. The molecule has 0 nitrogen and oxygen atoms in total. The molecule has 1 aromatic rings. The van der Waals surface area contributed by atoms with Crippen LogP contribution in [-0.4, -0.2) is 6.66 Å². The van der Waals surface area contributed by atoms with Crippen LogP contribution in [0.5, 0.6) is 0 Å². The zero-order chi connectivity index (χ0) is 10.6. The van der Waals surface area contributed by atoms with Crippen molar-refractivity contribution in [1.82, 2.24) is 0 Å². The Labute approximate surface area is 88.1 Å². The van der Waals surface area contributed by atoms with E-state index in [1.54, 1.807) is 0 Å². The van der Waals surface area contributed by atoms with E-state index in [1.165, 1.54) is 10.9 Å². The fraction of sp³-hybridized carbons (Fsp3) is 0.231. The number of hydrogen-bond acceptors (Lipinski definition) is 0. The predicted octanol–water partition coefficient (Wildman–Crippen LogP) is 3.90. The van der Waals surface area contributed by atoms with E-state index < -0.39 is 0 Å². The smallest absolute Gasteiger partial charge is 0.0204 e. The Hall–Kier alpha value is -0.870. The highest BCUT2D eigenvalue weighted by Crippen LogP contribution is 2.33. The van der Waals surface area contributed by atoms with Crippen LogP contribution in [0.15, 0.2) is 53.9 Å². The minimum Gasteiger partial charge on any atom is -0.0958 e. The van der Waals surface area contributed by atoms with Gasteiger partial charge in [-0.1, -0.05) is 56.2 Å². The maximum Gasteiger partial charge on any atom is -0.0204 e. The standard InChI is InChI=1S/C13H17P/c1-11(2)12(3)10-14(4)13-8-6-5-7-9-13/h5-10H,1H2,2-4H3/b12-10+. The second-order valence-corrected chi connectivity index (χ2v) is 5.54. The van der Waals surface area contributed by atoms with Crippen molar-refractivity contribution in [3.8, 4) is 0 Å². The van der Waals surface area contributed by atoms with Gasteiger partial charge in [0.2, 0.25) is 0 Å². The van der Waals surface area contributed by atoms with E-state index in [0.717, 1.165) is 5.57 Å². The summed E-state index contributed by atoms with van der Waals surface area (Å²) in [6, 6.07) is 10.6. The van der Waals surface area contributed by atoms with E-state index in [-0.39, 0.29) is 7.92 Å². The summed E-state index contributed by atoms with van der Waals surface area (Å²) in [7, 11) is -0.170. The molecule has 14 heavy (non-hydrogen) atoms. The molecule has 0 amide bonds. The van der Waals surface area contributed by atoms with Gasteiger partial charge in [0.1, 0.15) is 0 Å². The van der Waals surface area contributed by atoms with E-state index in [9.17, 15) is 0 Å². The Kier molecular flexibility index (Phi) is 4.10. The molecule has 0 aliphatic carbocycles. The second kappa shape index (κ2) is 5.12. The molecular weight excluding hydrogens is 187 g/mol. The van der Waals surface area contributed by atoms with Crippen molar-refractivity contribution in [2.45, 2.75) is 13.8 Å². The van der Waals surface area contributed by atoms with Crippen molar-refractivity contribution in [1.29, 1.82) is 0 Å². The zero-order valence-electron chi connectivity index (χ0n) is 9.12. The van der Waals surface area contributed by atoms with Crippen LogP contribution in [-0.2, 0) is 0 Å². The Morgan fingerprint density at radius 3 is 2.29 bits per heavy atom. The number of allylic oxidation sites excluding steroid dienone is 2. The molecule has 1 unspecified atom stereocenters. The van der Waals surface area contributed by atoms with Gasteiger partial charge in [-0.15, -0.1) is 0 Å². The molecule has 0 heterocycles. The van der Waals surface area contributed by atoms with Crippen LogP contribution in [0.4, 0.5) is 0 Å². The molecule has 1 heteroatoms. The number of rotatable bonds is 3. The largest absolute Gasteiger partial charge is 0.0958 e. The second-order valence-electron chi connectivity index (χ2n) is 3.54. The average molecular weight is 204 g/mol. The Morgan fingerprint density at radius 1 is 1.21 bits per heavy atom. The van der Waals surface area contributed by atoms with Crippen molar-refractivity contribution >= 4 is 13.2 Å². The number of benzene rings is 1. The first-order chi connectivity index (χ1) is 6.61. The lowest BCUT2D eigenvalue weighted by molar-refractivity contribution is 1.38. The van der Waals surface area contributed by atoms with Crippen LogP contribution >= 0.6 is 7.92 Å². The molecule has 0 aromatic heterocycles. The highest BCUT2D eigenvalue weighted by Gasteiger charge is 2.00. The molecule has 0 saturated heterocycles. The summed E-state index contributed by atoms with van der Waals surface area (Å²) < 4.78 is 0. The Bertz CT molecular complexity index is 336. The van der Waals surface area contributed by atoms with Crippen molar-refractivity contribution in [3.05, 3.63) is 53.9 Å². The van der Waals surface area contributed by atoms with Gasteiger partial charge in [-0.05, 0) is 31.4 Å². The minimum absolute atomic E-state index is 0.170. The maximum atomic E-state index is 3.94. The highest BCUT2D eigenvalue weighted by molar-refractivity contribution is 7.67. The average Bonchev–Trinajstić information content (AvgIpc) is 2.19. The number of hydrogen-bond donors (Lipinski definition) is 0. The van der Waals surface area contributed by atoms with Crippen LogP contribution in [0.1, 0.15) is 13.8 Å². The summed E-state index contributed by atoms with van der Waals surface area (Å²) in [6.07, 6.45) is 0. The summed E-state index contributed by atoms with van der Waals surface area (Å²) in [6.45, 7) is 10.4. The SMILES string of the molecule is C=C(C)/C(C)=C/P(C)c1ccccc1. The third-order valence-electron chi connectivity index (χ3n) is 2.22. The van der Waals surface area contributed by atoms with E-state index in [2.05, 4.69) is 63.2 Å². The molecule has 1 aromatic carbocycles. The first-order valence-corrected chi connectivity index (χ1v) is 6.59. The molecule has 0 aliphatic heterocycles. The van der Waals surface area contributed by atoms with E-state index in [4.69, 9.17) is 0 Å². The monoisotopic (exact) mass is 204 g/mol. The van der Waals surface area contributed by atoms with Gasteiger partial charge in [0.05, 0.1) is 0 Å². The van der Waals surface area contributed by atoms with Gasteiger partial charge in [-0.3, -0.25) is 0 Å². The maximum absolute atomic E-state index is 3.94. The predicted molar refractivity (Wildman–Crippen MR) is 67.5 cm³/mol. The summed E-state index contributed by atoms with van der Waals surface area (Å²) in [5, 5.41) is 1.42. The Balaban J connectivity index is 2.82. The van der Waals surface area contributed by atoms with Crippen molar-refractivity contribution < 1.29 is 0 Å². The van der Waals surface area contributed by atoms with Gasteiger partial charge in [0.15, 0.2) is 0 Å². The van der Waals surface area contributed by atoms with E-state index in [0.29, 0.717) is 0 Å². The van der Waals surface area contributed by atoms with E-state index in [1.807, 2.05) is 0 Å². The molecule has 0 saturated carbocycles. The molecule has 0 spiro atoms. The first-order valence-electron chi connectivity index (χ1n) is 4.73. The van der Waals surface area contributed by atoms with Crippen molar-refractivity contribution in [2.24, 2.45) is 0 Å².